The zero-order chi connectivity index (χ0) is 13.7. The quantitative estimate of drug-likeness (QED) is 0.878. The molecule has 2 heterocycles. The molecule has 0 unspecified atom stereocenters. The smallest absolute Gasteiger partial charge is 0.128 e. The van der Waals surface area contributed by atoms with Crippen LogP contribution in [-0.2, 0) is 13.0 Å². The van der Waals surface area contributed by atoms with E-state index in [2.05, 4.69) is 58.8 Å². The maximum atomic E-state index is 4.62. The zero-order valence-electron chi connectivity index (χ0n) is 11.8. The lowest BCUT2D eigenvalue weighted by Gasteiger charge is -2.19. The minimum absolute atomic E-state index is 0.884. The second kappa shape index (κ2) is 6.68. The van der Waals surface area contributed by atoms with Gasteiger partial charge in [-0.15, -0.1) is 11.3 Å². The summed E-state index contributed by atoms with van der Waals surface area (Å²) >= 11 is 1.82. The van der Waals surface area contributed by atoms with E-state index in [0.29, 0.717) is 0 Å². The summed E-state index contributed by atoms with van der Waals surface area (Å²) in [6.45, 7) is 3.93. The average molecular weight is 275 g/mol. The number of nitrogens with zero attached hydrogens (tertiary/aromatic N) is 2. The Kier molecular flexibility index (Phi) is 4.93. The molecule has 0 saturated heterocycles. The van der Waals surface area contributed by atoms with Gasteiger partial charge in [0.1, 0.15) is 5.82 Å². The van der Waals surface area contributed by atoms with Gasteiger partial charge in [-0.05, 0) is 49.5 Å². The second-order valence-corrected chi connectivity index (χ2v) is 5.79. The summed E-state index contributed by atoms with van der Waals surface area (Å²) in [5.74, 6) is 1.06. The summed E-state index contributed by atoms with van der Waals surface area (Å²) in [4.78, 5) is 8.27. The molecule has 0 spiro atoms. The van der Waals surface area contributed by atoms with Crippen molar-refractivity contribution in [1.82, 2.24) is 10.3 Å². The standard InChI is InChI=1S/C15H21N3S/c1-12-9-13(11-16-2)10-15(17-12)18(3)7-6-14-5-4-8-19-14/h4-5,8-10,16H,6-7,11H2,1-3H3. The van der Waals surface area contributed by atoms with Gasteiger partial charge in [-0.3, -0.25) is 0 Å². The summed E-state index contributed by atoms with van der Waals surface area (Å²) in [6, 6.07) is 8.59. The van der Waals surface area contributed by atoms with Gasteiger partial charge in [0.25, 0.3) is 0 Å². The number of anilines is 1. The van der Waals surface area contributed by atoms with Crippen molar-refractivity contribution >= 4 is 17.2 Å². The largest absolute Gasteiger partial charge is 0.359 e. The molecule has 2 aromatic heterocycles. The molecule has 0 aliphatic carbocycles. The van der Waals surface area contributed by atoms with Crippen LogP contribution in [0, 0.1) is 6.92 Å². The Bertz CT molecular complexity index is 508. The SMILES string of the molecule is CNCc1cc(C)nc(N(C)CCc2cccs2)c1. The van der Waals surface area contributed by atoms with Crippen molar-refractivity contribution in [2.45, 2.75) is 19.9 Å². The van der Waals surface area contributed by atoms with Crippen LogP contribution in [0.5, 0.6) is 0 Å². The van der Waals surface area contributed by atoms with Crippen LogP contribution in [0.4, 0.5) is 5.82 Å². The van der Waals surface area contributed by atoms with Gasteiger partial charge in [0.05, 0.1) is 0 Å². The first-order valence-electron chi connectivity index (χ1n) is 6.54. The van der Waals surface area contributed by atoms with Crippen LogP contribution < -0.4 is 10.2 Å². The molecule has 4 heteroatoms. The van der Waals surface area contributed by atoms with Gasteiger partial charge in [0, 0.05) is 30.7 Å². The van der Waals surface area contributed by atoms with E-state index in [0.717, 1.165) is 31.0 Å². The van der Waals surface area contributed by atoms with Crippen LogP contribution in [0.3, 0.4) is 0 Å². The topological polar surface area (TPSA) is 28.2 Å². The summed E-state index contributed by atoms with van der Waals surface area (Å²) in [7, 11) is 4.08. The van der Waals surface area contributed by atoms with E-state index >= 15 is 0 Å². The fourth-order valence-electron chi connectivity index (χ4n) is 2.07. The van der Waals surface area contributed by atoms with Crippen molar-refractivity contribution < 1.29 is 0 Å². The van der Waals surface area contributed by atoms with Crippen LogP contribution in [0.25, 0.3) is 0 Å². The maximum Gasteiger partial charge on any atom is 0.128 e. The van der Waals surface area contributed by atoms with Crippen LogP contribution >= 0.6 is 11.3 Å². The van der Waals surface area contributed by atoms with Gasteiger partial charge in [-0.25, -0.2) is 4.98 Å². The Morgan fingerprint density at radius 1 is 1.37 bits per heavy atom. The molecular formula is C15H21N3S. The Morgan fingerprint density at radius 2 is 2.21 bits per heavy atom. The predicted octanol–water partition coefficient (Wildman–Crippen LogP) is 2.85. The number of thiophene rings is 1. The van der Waals surface area contributed by atoms with Crippen LogP contribution in [0.15, 0.2) is 29.6 Å². The summed E-state index contributed by atoms with van der Waals surface area (Å²) in [5, 5.41) is 5.32. The van der Waals surface area contributed by atoms with E-state index in [4.69, 9.17) is 0 Å². The van der Waals surface area contributed by atoms with Crippen molar-refractivity contribution in [3.05, 3.63) is 45.8 Å². The first-order valence-corrected chi connectivity index (χ1v) is 7.42. The molecule has 19 heavy (non-hydrogen) atoms. The Balaban J connectivity index is 2.03. The molecule has 2 aromatic rings. The first-order chi connectivity index (χ1) is 9.19. The molecule has 0 bridgehead atoms. The number of rotatable bonds is 6. The Morgan fingerprint density at radius 3 is 2.89 bits per heavy atom. The summed E-state index contributed by atoms with van der Waals surface area (Å²) in [6.07, 6.45) is 1.07. The molecule has 0 radical (unpaired) electrons. The number of hydrogen-bond donors (Lipinski definition) is 1. The third kappa shape index (κ3) is 4.04. The van der Waals surface area contributed by atoms with Crippen molar-refractivity contribution in [2.24, 2.45) is 0 Å². The van der Waals surface area contributed by atoms with E-state index in [1.165, 1.54) is 10.4 Å². The highest BCUT2D eigenvalue weighted by atomic mass is 32.1. The maximum absolute atomic E-state index is 4.62. The van der Waals surface area contributed by atoms with E-state index < -0.39 is 0 Å². The molecule has 0 aliphatic heterocycles. The van der Waals surface area contributed by atoms with Crippen molar-refractivity contribution in [3.63, 3.8) is 0 Å². The van der Waals surface area contributed by atoms with Gasteiger partial charge in [0.2, 0.25) is 0 Å². The Hall–Kier alpha value is -1.39. The third-order valence-electron chi connectivity index (χ3n) is 3.05. The first kappa shape index (κ1) is 14.0. The molecule has 102 valence electrons. The number of pyridine rings is 1. The lowest BCUT2D eigenvalue weighted by Crippen LogP contribution is -2.22. The molecule has 0 fully saturated rings. The third-order valence-corrected chi connectivity index (χ3v) is 3.98. The molecule has 2 rings (SSSR count). The van der Waals surface area contributed by atoms with Gasteiger partial charge in [-0.1, -0.05) is 6.07 Å². The monoisotopic (exact) mass is 275 g/mol. The highest BCUT2D eigenvalue weighted by Crippen LogP contribution is 2.16. The van der Waals surface area contributed by atoms with Crippen molar-refractivity contribution in [1.29, 1.82) is 0 Å². The number of nitrogens with one attached hydrogen (secondary N) is 1. The van der Waals surface area contributed by atoms with Crippen LogP contribution in [0.2, 0.25) is 0 Å². The van der Waals surface area contributed by atoms with Gasteiger partial charge in [-0.2, -0.15) is 0 Å². The van der Waals surface area contributed by atoms with E-state index in [1.807, 2.05) is 18.4 Å². The normalized spacial score (nSPS) is 10.7. The average Bonchev–Trinajstić information content (AvgIpc) is 2.88. The molecule has 1 N–H and O–H groups in total. The molecular weight excluding hydrogens is 254 g/mol. The number of aromatic nitrogens is 1. The second-order valence-electron chi connectivity index (χ2n) is 4.76. The number of likely N-dealkylation sites (N-methyl/N-ethyl adjacent to an activating group) is 1. The van der Waals surface area contributed by atoms with Gasteiger partial charge < -0.3 is 10.2 Å². The van der Waals surface area contributed by atoms with E-state index in [-0.39, 0.29) is 0 Å². The molecule has 0 atom stereocenters. The lowest BCUT2D eigenvalue weighted by atomic mass is 10.2. The molecule has 0 amide bonds. The highest BCUT2D eigenvalue weighted by molar-refractivity contribution is 7.09. The minimum atomic E-state index is 0.884. The fourth-order valence-corrected chi connectivity index (χ4v) is 2.77. The number of hydrogen-bond acceptors (Lipinski definition) is 4. The minimum Gasteiger partial charge on any atom is -0.359 e. The summed E-state index contributed by atoms with van der Waals surface area (Å²) in [5.41, 5.74) is 2.36. The van der Waals surface area contributed by atoms with Crippen molar-refractivity contribution in [2.75, 3.05) is 25.5 Å². The molecule has 0 aromatic carbocycles. The molecule has 0 aliphatic rings. The van der Waals surface area contributed by atoms with Gasteiger partial charge in [0.15, 0.2) is 0 Å². The Labute approximate surface area is 119 Å². The lowest BCUT2D eigenvalue weighted by molar-refractivity contribution is 0.807. The van der Waals surface area contributed by atoms with E-state index in [1.54, 1.807) is 0 Å². The predicted molar refractivity (Wildman–Crippen MR) is 83.0 cm³/mol. The highest BCUT2D eigenvalue weighted by Gasteiger charge is 2.06. The van der Waals surface area contributed by atoms with E-state index in [9.17, 15) is 0 Å². The zero-order valence-corrected chi connectivity index (χ0v) is 12.6. The van der Waals surface area contributed by atoms with Crippen LogP contribution in [0.1, 0.15) is 16.1 Å². The van der Waals surface area contributed by atoms with Crippen LogP contribution in [-0.4, -0.2) is 25.6 Å². The summed E-state index contributed by atoms with van der Waals surface area (Å²) < 4.78 is 0. The van der Waals surface area contributed by atoms with Crippen molar-refractivity contribution in [3.8, 4) is 0 Å². The molecule has 3 nitrogen and oxygen atoms in total. The molecule has 0 saturated carbocycles. The number of aryl methyl sites for hydroxylation is 1. The van der Waals surface area contributed by atoms with Gasteiger partial charge >= 0.3 is 0 Å². The fraction of sp³-hybridized carbons (Fsp3) is 0.400.